The van der Waals surface area contributed by atoms with E-state index in [0.29, 0.717) is 11.4 Å². The van der Waals surface area contributed by atoms with Crippen LogP contribution in [0.4, 0.5) is 17.1 Å². The number of para-hydroxylation sites is 1. The summed E-state index contributed by atoms with van der Waals surface area (Å²) < 4.78 is 0.0507. The van der Waals surface area contributed by atoms with Gasteiger partial charge in [-0.3, -0.25) is 20.3 Å². The highest BCUT2D eigenvalue weighted by atomic mass is 79.9. The van der Waals surface area contributed by atoms with Crippen molar-refractivity contribution < 1.29 is 9.72 Å². The van der Waals surface area contributed by atoms with Gasteiger partial charge in [0.2, 0.25) is 0 Å². The van der Waals surface area contributed by atoms with Gasteiger partial charge in [-0.1, -0.05) is 18.2 Å². The van der Waals surface area contributed by atoms with Crippen LogP contribution in [0.3, 0.4) is 0 Å². The molecule has 2 N–H and O–H groups in total. The largest absolute Gasteiger partial charge is 0.320 e. The van der Waals surface area contributed by atoms with Gasteiger partial charge in [-0.15, -0.1) is 0 Å². The number of rotatable bonds is 5. The fraction of sp³-hybridized carbons (Fsp3) is 0. The molecule has 0 aliphatic heterocycles. The number of carbonyl (C=O) groups excluding carboxylic acids is 1. The highest BCUT2D eigenvalue weighted by molar-refractivity contribution is 9.19. The third-order valence-corrected chi connectivity index (χ3v) is 3.12. The average molecular weight is 363 g/mol. The molecule has 0 heterocycles. The fourth-order valence-corrected chi connectivity index (χ4v) is 1.71. The lowest BCUT2D eigenvalue weighted by atomic mass is 10.3. The van der Waals surface area contributed by atoms with Gasteiger partial charge in [0.1, 0.15) is 0 Å². The highest BCUT2D eigenvalue weighted by Crippen LogP contribution is 2.15. The van der Waals surface area contributed by atoms with Crippen molar-refractivity contribution in [2.75, 3.05) is 10.7 Å². The minimum absolute atomic E-state index is 0.0181. The van der Waals surface area contributed by atoms with Gasteiger partial charge in [-0.05, 0) is 40.2 Å². The average Bonchev–Trinajstić information content (AvgIpc) is 2.53. The summed E-state index contributed by atoms with van der Waals surface area (Å²) in [6, 6.07) is 14.6. The first kappa shape index (κ1) is 15.6. The Bertz CT molecular complexity index is 702. The molecule has 0 saturated carbocycles. The van der Waals surface area contributed by atoms with Crippen molar-refractivity contribution in [3.63, 3.8) is 0 Å². The lowest BCUT2D eigenvalue weighted by Gasteiger charge is -2.04. The SMILES string of the molecule is O=C(Nc1ccccc1)C(Br)=NNc1ccc([N+](=O)[O-])cc1. The van der Waals surface area contributed by atoms with Crippen molar-refractivity contribution in [3.05, 3.63) is 64.7 Å². The number of nitrogens with zero attached hydrogens (tertiary/aromatic N) is 2. The number of hydrogen-bond donors (Lipinski definition) is 2. The Hall–Kier alpha value is -2.74. The topological polar surface area (TPSA) is 96.6 Å². The molecule has 2 aromatic carbocycles. The summed E-state index contributed by atoms with van der Waals surface area (Å²) >= 11 is 3.06. The Morgan fingerprint density at radius 2 is 1.68 bits per heavy atom. The molecule has 2 aromatic rings. The summed E-state index contributed by atoms with van der Waals surface area (Å²) in [5, 5.41) is 17.1. The van der Waals surface area contributed by atoms with Gasteiger partial charge in [-0.2, -0.15) is 5.10 Å². The van der Waals surface area contributed by atoms with Crippen LogP contribution in [-0.2, 0) is 4.79 Å². The number of benzene rings is 2. The number of nitro groups is 1. The van der Waals surface area contributed by atoms with Gasteiger partial charge in [0, 0.05) is 17.8 Å². The smallest absolute Gasteiger partial charge is 0.283 e. The normalized spacial score (nSPS) is 10.9. The molecule has 0 unspecified atom stereocenters. The second-order valence-corrected chi connectivity index (χ2v) is 4.89. The number of carbonyl (C=O) groups is 1. The molecule has 22 heavy (non-hydrogen) atoms. The molecule has 0 bridgehead atoms. The Balaban J connectivity index is 1.97. The molecule has 0 fully saturated rings. The highest BCUT2D eigenvalue weighted by Gasteiger charge is 2.08. The number of hydrogen-bond acceptors (Lipinski definition) is 5. The summed E-state index contributed by atoms with van der Waals surface area (Å²) in [5.41, 5.74) is 3.79. The van der Waals surface area contributed by atoms with Gasteiger partial charge < -0.3 is 5.32 Å². The zero-order valence-electron chi connectivity index (χ0n) is 11.2. The molecular weight excluding hydrogens is 352 g/mol. The van der Waals surface area contributed by atoms with Crippen LogP contribution in [0.15, 0.2) is 59.7 Å². The molecule has 112 valence electrons. The second-order valence-electron chi connectivity index (χ2n) is 4.14. The van der Waals surface area contributed by atoms with Crippen LogP contribution in [0.5, 0.6) is 0 Å². The number of hydrazone groups is 1. The minimum Gasteiger partial charge on any atom is -0.320 e. The van der Waals surface area contributed by atoms with Crippen molar-refractivity contribution in [3.8, 4) is 0 Å². The molecule has 0 spiro atoms. The summed E-state index contributed by atoms with van der Waals surface area (Å²) in [5.74, 6) is -0.416. The molecular formula is C14H11BrN4O3. The van der Waals surface area contributed by atoms with Crippen LogP contribution in [0.2, 0.25) is 0 Å². The first-order chi connectivity index (χ1) is 10.6. The van der Waals surface area contributed by atoms with Gasteiger partial charge in [-0.25, -0.2) is 0 Å². The second kappa shape index (κ2) is 7.32. The summed E-state index contributed by atoms with van der Waals surface area (Å²) in [6.45, 7) is 0. The number of halogens is 1. The molecule has 0 aliphatic carbocycles. The van der Waals surface area contributed by atoms with E-state index in [2.05, 4.69) is 31.8 Å². The monoisotopic (exact) mass is 362 g/mol. The molecule has 0 aromatic heterocycles. The van der Waals surface area contributed by atoms with Crippen LogP contribution in [-0.4, -0.2) is 15.5 Å². The summed E-state index contributed by atoms with van der Waals surface area (Å²) in [7, 11) is 0. The Morgan fingerprint density at radius 3 is 2.27 bits per heavy atom. The van der Waals surface area contributed by atoms with E-state index in [1.165, 1.54) is 24.3 Å². The van der Waals surface area contributed by atoms with Gasteiger partial charge in [0.05, 0.1) is 10.6 Å². The molecule has 2 rings (SSSR count). The zero-order valence-corrected chi connectivity index (χ0v) is 12.8. The van der Waals surface area contributed by atoms with E-state index in [9.17, 15) is 14.9 Å². The maximum Gasteiger partial charge on any atom is 0.283 e. The van der Waals surface area contributed by atoms with Crippen LogP contribution in [0.25, 0.3) is 0 Å². The molecule has 0 aliphatic rings. The molecule has 8 heteroatoms. The maximum atomic E-state index is 11.9. The molecule has 0 atom stereocenters. The van der Waals surface area contributed by atoms with Crippen molar-refractivity contribution in [2.24, 2.45) is 5.10 Å². The van der Waals surface area contributed by atoms with Gasteiger partial charge in [0.25, 0.3) is 11.6 Å². The summed E-state index contributed by atoms with van der Waals surface area (Å²) in [6.07, 6.45) is 0. The number of nitrogens with one attached hydrogen (secondary N) is 2. The molecule has 1 amide bonds. The summed E-state index contributed by atoms with van der Waals surface area (Å²) in [4.78, 5) is 21.9. The van der Waals surface area contributed by atoms with Crippen LogP contribution in [0.1, 0.15) is 0 Å². The van der Waals surface area contributed by atoms with E-state index >= 15 is 0 Å². The number of nitro benzene ring substituents is 1. The lowest BCUT2D eigenvalue weighted by molar-refractivity contribution is -0.384. The lowest BCUT2D eigenvalue weighted by Crippen LogP contribution is -2.19. The van der Waals surface area contributed by atoms with Crippen LogP contribution >= 0.6 is 15.9 Å². The van der Waals surface area contributed by atoms with Gasteiger partial charge >= 0.3 is 0 Å². The minimum atomic E-state index is -0.490. The third-order valence-electron chi connectivity index (χ3n) is 2.58. The van der Waals surface area contributed by atoms with E-state index in [-0.39, 0.29) is 10.3 Å². The van der Waals surface area contributed by atoms with Crippen LogP contribution < -0.4 is 10.7 Å². The van der Waals surface area contributed by atoms with E-state index in [0.717, 1.165) is 0 Å². The Kier molecular flexibility index (Phi) is 5.21. The maximum absolute atomic E-state index is 11.9. The number of anilines is 2. The first-order valence-corrected chi connectivity index (χ1v) is 6.95. The van der Waals surface area contributed by atoms with Crippen molar-refractivity contribution >= 4 is 43.5 Å². The van der Waals surface area contributed by atoms with Crippen molar-refractivity contribution in [1.82, 2.24) is 0 Å². The van der Waals surface area contributed by atoms with Gasteiger partial charge in [0.15, 0.2) is 4.62 Å². The quantitative estimate of drug-likeness (QED) is 0.484. The van der Waals surface area contributed by atoms with E-state index in [1.807, 2.05) is 6.07 Å². The number of amides is 1. The van der Waals surface area contributed by atoms with E-state index in [1.54, 1.807) is 24.3 Å². The van der Waals surface area contributed by atoms with E-state index in [4.69, 9.17) is 0 Å². The Labute approximate surface area is 134 Å². The zero-order chi connectivity index (χ0) is 15.9. The molecule has 0 saturated heterocycles. The van der Waals surface area contributed by atoms with Crippen molar-refractivity contribution in [2.45, 2.75) is 0 Å². The molecule has 7 nitrogen and oxygen atoms in total. The first-order valence-electron chi connectivity index (χ1n) is 6.16. The Morgan fingerprint density at radius 1 is 1.05 bits per heavy atom. The predicted octanol–water partition coefficient (Wildman–Crippen LogP) is 3.35. The third kappa shape index (κ3) is 4.38. The molecule has 0 radical (unpaired) electrons. The standard InChI is InChI=1S/C14H11BrN4O3/c15-13(14(20)16-10-4-2-1-3-5-10)18-17-11-6-8-12(9-7-11)19(21)22/h1-9,17H,(H,16,20). The van der Waals surface area contributed by atoms with Crippen LogP contribution in [0, 0.1) is 10.1 Å². The predicted molar refractivity (Wildman–Crippen MR) is 88.2 cm³/mol. The fourth-order valence-electron chi connectivity index (χ4n) is 1.53. The van der Waals surface area contributed by atoms with E-state index < -0.39 is 10.8 Å². The van der Waals surface area contributed by atoms with Crippen molar-refractivity contribution in [1.29, 1.82) is 0 Å². The number of non-ortho nitro benzene ring substituents is 1.